The molecule has 1 N–H and O–H groups in total. The molecule has 0 radical (unpaired) electrons. The number of nitrogens with zero attached hydrogens (tertiary/aromatic N) is 2. The van der Waals surface area contributed by atoms with Crippen LogP contribution in [-0.4, -0.2) is 27.0 Å². The monoisotopic (exact) mass is 210 g/mol. The highest BCUT2D eigenvalue weighted by atomic mass is 16.5. The predicted octanol–water partition coefficient (Wildman–Crippen LogP) is 1.07. The minimum atomic E-state index is -0.971. The molecule has 1 aliphatic rings. The van der Waals surface area contributed by atoms with Gasteiger partial charge in [-0.2, -0.15) is 0 Å². The fourth-order valence-electron chi connectivity index (χ4n) is 1.68. The van der Waals surface area contributed by atoms with Crippen LogP contribution in [0.15, 0.2) is 6.07 Å². The first kappa shape index (κ1) is 10.0. The summed E-state index contributed by atoms with van der Waals surface area (Å²) in [7, 11) is 0. The van der Waals surface area contributed by atoms with Gasteiger partial charge >= 0.3 is 5.97 Å². The molecule has 0 aromatic carbocycles. The van der Waals surface area contributed by atoms with Gasteiger partial charge in [-0.15, -0.1) is 5.10 Å². The fraction of sp³-hybridized carbons (Fsp3) is 0.600. The van der Waals surface area contributed by atoms with Gasteiger partial charge in [-0.1, -0.05) is 0 Å². The lowest BCUT2D eigenvalue weighted by Gasteiger charge is -2.11. The van der Waals surface area contributed by atoms with Gasteiger partial charge in [-0.3, -0.25) is 4.68 Å². The second-order valence-corrected chi connectivity index (χ2v) is 3.75. The summed E-state index contributed by atoms with van der Waals surface area (Å²) in [6.45, 7) is 2.40. The predicted molar refractivity (Wildman–Crippen MR) is 52.9 cm³/mol. The summed E-state index contributed by atoms with van der Waals surface area (Å²) in [5.41, 5.74) is 1.13. The molecule has 15 heavy (non-hydrogen) atoms. The minimum Gasteiger partial charge on any atom is -0.479 e. The lowest BCUT2D eigenvalue weighted by Crippen LogP contribution is -2.23. The van der Waals surface area contributed by atoms with Crippen LogP contribution < -0.4 is 4.74 Å². The summed E-state index contributed by atoms with van der Waals surface area (Å²) in [5.74, 6) is -0.553. The SMILES string of the molecule is C[C@@H](Oc1cc2n(n1)CCCC2)C(=O)O. The normalized spacial score (nSPS) is 16.9. The number of carbonyl (C=O) groups is 1. The number of carboxylic acid groups (broad SMARTS) is 1. The number of rotatable bonds is 3. The van der Waals surface area contributed by atoms with E-state index in [9.17, 15) is 4.79 Å². The molecular weight excluding hydrogens is 196 g/mol. The van der Waals surface area contributed by atoms with Crippen LogP contribution in [0.5, 0.6) is 5.88 Å². The van der Waals surface area contributed by atoms with Gasteiger partial charge in [-0.05, 0) is 26.2 Å². The molecule has 5 nitrogen and oxygen atoms in total. The molecule has 2 rings (SSSR count). The third-order valence-electron chi connectivity index (χ3n) is 2.54. The molecule has 2 heterocycles. The molecule has 0 unspecified atom stereocenters. The molecule has 0 spiro atoms. The number of hydrogen-bond donors (Lipinski definition) is 1. The Morgan fingerprint density at radius 2 is 2.47 bits per heavy atom. The number of carboxylic acids is 1. The number of fused-ring (bicyclic) bond motifs is 1. The smallest absolute Gasteiger partial charge is 0.344 e. The molecular formula is C10H14N2O3. The Morgan fingerprint density at radius 3 is 3.13 bits per heavy atom. The van der Waals surface area contributed by atoms with Crippen molar-refractivity contribution in [2.24, 2.45) is 0 Å². The number of hydrogen-bond acceptors (Lipinski definition) is 3. The largest absolute Gasteiger partial charge is 0.479 e. The molecule has 1 atom stereocenters. The van der Waals surface area contributed by atoms with Gasteiger partial charge in [0.25, 0.3) is 0 Å². The summed E-state index contributed by atoms with van der Waals surface area (Å²) in [6, 6.07) is 1.83. The minimum absolute atomic E-state index is 0.418. The van der Waals surface area contributed by atoms with Crippen molar-refractivity contribution in [2.75, 3.05) is 0 Å². The average molecular weight is 210 g/mol. The van der Waals surface area contributed by atoms with Crippen LogP contribution in [0.1, 0.15) is 25.5 Å². The number of aliphatic carboxylic acids is 1. The van der Waals surface area contributed by atoms with Crippen LogP contribution in [0, 0.1) is 0 Å². The summed E-state index contributed by atoms with van der Waals surface area (Å²) in [6.07, 6.45) is 2.45. The summed E-state index contributed by atoms with van der Waals surface area (Å²) >= 11 is 0. The van der Waals surface area contributed by atoms with Crippen molar-refractivity contribution in [1.82, 2.24) is 9.78 Å². The third-order valence-corrected chi connectivity index (χ3v) is 2.54. The van der Waals surface area contributed by atoms with E-state index in [1.807, 2.05) is 10.7 Å². The second-order valence-electron chi connectivity index (χ2n) is 3.75. The van der Waals surface area contributed by atoms with Crippen molar-refractivity contribution in [3.63, 3.8) is 0 Å². The molecule has 0 aliphatic carbocycles. The highest BCUT2D eigenvalue weighted by Gasteiger charge is 2.17. The summed E-state index contributed by atoms with van der Waals surface area (Å²) in [4.78, 5) is 10.6. The zero-order valence-corrected chi connectivity index (χ0v) is 8.64. The van der Waals surface area contributed by atoms with E-state index in [1.165, 1.54) is 13.3 Å². The van der Waals surface area contributed by atoms with E-state index in [1.54, 1.807) is 0 Å². The van der Waals surface area contributed by atoms with Gasteiger partial charge in [0, 0.05) is 18.3 Å². The van der Waals surface area contributed by atoms with E-state index in [2.05, 4.69) is 5.10 Å². The van der Waals surface area contributed by atoms with Crippen molar-refractivity contribution in [3.05, 3.63) is 11.8 Å². The molecule has 0 saturated carbocycles. The second kappa shape index (κ2) is 3.92. The molecule has 1 aromatic heterocycles. The quantitative estimate of drug-likeness (QED) is 0.810. The van der Waals surface area contributed by atoms with Crippen molar-refractivity contribution in [1.29, 1.82) is 0 Å². The first-order valence-electron chi connectivity index (χ1n) is 5.13. The molecule has 82 valence electrons. The molecule has 0 fully saturated rings. The highest BCUT2D eigenvalue weighted by Crippen LogP contribution is 2.19. The fourth-order valence-corrected chi connectivity index (χ4v) is 1.68. The molecule has 0 saturated heterocycles. The maximum Gasteiger partial charge on any atom is 0.344 e. The molecule has 0 amide bonds. The van der Waals surface area contributed by atoms with E-state index in [0.29, 0.717) is 5.88 Å². The Labute approximate surface area is 87.7 Å². The van der Waals surface area contributed by atoms with Gasteiger partial charge < -0.3 is 9.84 Å². The van der Waals surface area contributed by atoms with E-state index in [-0.39, 0.29) is 0 Å². The van der Waals surface area contributed by atoms with Crippen molar-refractivity contribution < 1.29 is 14.6 Å². The van der Waals surface area contributed by atoms with Crippen LogP contribution in [-0.2, 0) is 17.8 Å². The lowest BCUT2D eigenvalue weighted by molar-refractivity contribution is -0.144. The Kier molecular flexibility index (Phi) is 2.62. The highest BCUT2D eigenvalue weighted by molar-refractivity contribution is 5.72. The zero-order valence-electron chi connectivity index (χ0n) is 8.64. The topological polar surface area (TPSA) is 64.4 Å². The van der Waals surface area contributed by atoms with Gasteiger partial charge in [0.05, 0.1) is 0 Å². The van der Waals surface area contributed by atoms with Crippen molar-refractivity contribution in [3.8, 4) is 5.88 Å². The maximum atomic E-state index is 10.6. The van der Waals surface area contributed by atoms with E-state index in [0.717, 1.165) is 25.1 Å². The van der Waals surface area contributed by atoms with Crippen LogP contribution >= 0.6 is 0 Å². The zero-order chi connectivity index (χ0) is 10.8. The Bertz CT molecular complexity index is 349. The third kappa shape index (κ3) is 2.11. The summed E-state index contributed by atoms with van der Waals surface area (Å²) in [5, 5.41) is 12.9. The Morgan fingerprint density at radius 1 is 1.67 bits per heavy atom. The van der Waals surface area contributed by atoms with Gasteiger partial charge in [-0.25, -0.2) is 4.79 Å². The van der Waals surface area contributed by atoms with Crippen molar-refractivity contribution in [2.45, 2.75) is 38.8 Å². The van der Waals surface area contributed by atoms with E-state index in [4.69, 9.17) is 9.84 Å². The average Bonchev–Trinajstić information content (AvgIpc) is 2.59. The van der Waals surface area contributed by atoms with Gasteiger partial charge in [0.2, 0.25) is 5.88 Å². The van der Waals surface area contributed by atoms with Crippen molar-refractivity contribution >= 4 is 5.97 Å². The number of aromatic nitrogens is 2. The lowest BCUT2D eigenvalue weighted by atomic mass is 10.1. The van der Waals surface area contributed by atoms with Gasteiger partial charge in [0.15, 0.2) is 6.10 Å². The number of aryl methyl sites for hydroxylation is 2. The molecule has 1 aromatic rings. The standard InChI is InChI=1S/C10H14N2O3/c1-7(10(13)14)15-9-6-8-4-2-3-5-12(8)11-9/h6-7H,2-5H2,1H3,(H,13,14)/t7-/m1/s1. The van der Waals surface area contributed by atoms with Crippen LogP contribution in [0.25, 0.3) is 0 Å². The Balaban J connectivity index is 2.09. The molecule has 5 heteroatoms. The molecule has 1 aliphatic heterocycles. The molecule has 0 bridgehead atoms. The van der Waals surface area contributed by atoms with E-state index >= 15 is 0 Å². The van der Waals surface area contributed by atoms with E-state index < -0.39 is 12.1 Å². The van der Waals surface area contributed by atoms with Gasteiger partial charge in [0.1, 0.15) is 0 Å². The van der Waals surface area contributed by atoms with Crippen LogP contribution in [0.4, 0.5) is 0 Å². The Hall–Kier alpha value is -1.52. The number of ether oxygens (including phenoxy) is 1. The first-order chi connectivity index (χ1) is 7.16. The van der Waals surface area contributed by atoms with Crippen LogP contribution in [0.2, 0.25) is 0 Å². The first-order valence-corrected chi connectivity index (χ1v) is 5.13. The van der Waals surface area contributed by atoms with Crippen LogP contribution in [0.3, 0.4) is 0 Å². The summed E-state index contributed by atoms with van der Waals surface area (Å²) < 4.78 is 7.09. The maximum absolute atomic E-state index is 10.6.